The van der Waals surface area contributed by atoms with Gasteiger partial charge in [0.1, 0.15) is 0 Å². The van der Waals surface area contributed by atoms with Crippen molar-refractivity contribution in [2.75, 3.05) is 0 Å². The van der Waals surface area contributed by atoms with Crippen molar-refractivity contribution < 1.29 is 14.8 Å². The van der Waals surface area contributed by atoms with Crippen LogP contribution in [0.2, 0.25) is 0 Å². The maximum absolute atomic E-state index is 11.7. The molecule has 7 heteroatoms. The van der Waals surface area contributed by atoms with Crippen LogP contribution in [0.15, 0.2) is 59.7 Å². The van der Waals surface area contributed by atoms with Crippen LogP contribution in [0.5, 0.6) is 0 Å². The average Bonchev–Trinajstić information content (AvgIpc) is 2.61. The van der Waals surface area contributed by atoms with E-state index in [4.69, 9.17) is 0 Å². The SMILES string of the molecule is O=C(CC[C@H](O)c1ccccc1)N/N=C\c1ccc([N+](=O)[O-])cc1. The molecule has 0 aromatic heterocycles. The summed E-state index contributed by atoms with van der Waals surface area (Å²) < 4.78 is 0. The van der Waals surface area contributed by atoms with E-state index in [1.807, 2.05) is 18.2 Å². The van der Waals surface area contributed by atoms with Crippen LogP contribution in [0.4, 0.5) is 5.69 Å². The van der Waals surface area contributed by atoms with Crippen LogP contribution in [-0.2, 0) is 4.79 Å². The predicted molar refractivity (Wildman–Crippen MR) is 89.5 cm³/mol. The van der Waals surface area contributed by atoms with Crippen LogP contribution in [0.25, 0.3) is 0 Å². The minimum Gasteiger partial charge on any atom is -0.388 e. The van der Waals surface area contributed by atoms with E-state index >= 15 is 0 Å². The van der Waals surface area contributed by atoms with E-state index in [-0.39, 0.29) is 18.0 Å². The zero-order valence-electron chi connectivity index (χ0n) is 12.8. The van der Waals surface area contributed by atoms with Gasteiger partial charge in [0.25, 0.3) is 5.69 Å². The monoisotopic (exact) mass is 327 g/mol. The molecular weight excluding hydrogens is 310 g/mol. The highest BCUT2D eigenvalue weighted by Crippen LogP contribution is 2.17. The second-order valence-electron chi connectivity index (χ2n) is 5.11. The molecule has 1 amide bonds. The summed E-state index contributed by atoms with van der Waals surface area (Å²) >= 11 is 0. The van der Waals surface area contributed by atoms with Crippen molar-refractivity contribution in [2.24, 2.45) is 5.10 Å². The summed E-state index contributed by atoms with van der Waals surface area (Å²) in [7, 11) is 0. The first kappa shape index (κ1) is 17.3. The number of aliphatic hydroxyl groups is 1. The molecule has 0 spiro atoms. The Balaban J connectivity index is 1.77. The highest BCUT2D eigenvalue weighted by atomic mass is 16.6. The Kier molecular flexibility index (Phi) is 6.16. The third-order valence-corrected chi connectivity index (χ3v) is 3.34. The molecule has 0 aliphatic carbocycles. The van der Waals surface area contributed by atoms with Gasteiger partial charge in [-0.3, -0.25) is 14.9 Å². The first-order valence-electron chi connectivity index (χ1n) is 7.35. The number of hydrazone groups is 1. The maximum atomic E-state index is 11.7. The molecule has 0 heterocycles. The van der Waals surface area contributed by atoms with Gasteiger partial charge in [0.05, 0.1) is 17.2 Å². The molecule has 124 valence electrons. The van der Waals surface area contributed by atoms with E-state index in [1.54, 1.807) is 12.1 Å². The number of nitrogens with one attached hydrogen (secondary N) is 1. The van der Waals surface area contributed by atoms with E-state index in [9.17, 15) is 20.0 Å². The minimum absolute atomic E-state index is 0.00825. The molecule has 0 bridgehead atoms. The molecule has 2 N–H and O–H groups in total. The van der Waals surface area contributed by atoms with Crippen molar-refractivity contribution in [3.8, 4) is 0 Å². The van der Waals surface area contributed by atoms with Crippen LogP contribution in [0.1, 0.15) is 30.1 Å². The van der Waals surface area contributed by atoms with E-state index in [1.165, 1.54) is 30.5 Å². The molecule has 0 radical (unpaired) electrons. The van der Waals surface area contributed by atoms with Crippen LogP contribution in [-0.4, -0.2) is 22.2 Å². The lowest BCUT2D eigenvalue weighted by atomic mass is 10.1. The summed E-state index contributed by atoms with van der Waals surface area (Å²) in [5.74, 6) is -0.317. The number of rotatable bonds is 7. The Labute approximate surface area is 138 Å². The quantitative estimate of drug-likeness (QED) is 0.463. The van der Waals surface area contributed by atoms with E-state index in [0.717, 1.165) is 5.56 Å². The van der Waals surface area contributed by atoms with Crippen molar-refractivity contribution in [1.29, 1.82) is 0 Å². The molecule has 2 rings (SSSR count). The first-order valence-corrected chi connectivity index (χ1v) is 7.35. The number of hydrogen-bond acceptors (Lipinski definition) is 5. The van der Waals surface area contributed by atoms with Crippen LogP contribution < -0.4 is 5.43 Å². The smallest absolute Gasteiger partial charge is 0.269 e. The van der Waals surface area contributed by atoms with Gasteiger partial charge in [0.15, 0.2) is 0 Å². The lowest BCUT2D eigenvalue weighted by Gasteiger charge is -2.09. The summed E-state index contributed by atoms with van der Waals surface area (Å²) in [6.45, 7) is 0. The molecule has 0 saturated heterocycles. The number of nitro groups is 1. The molecule has 24 heavy (non-hydrogen) atoms. The molecule has 0 fully saturated rings. The average molecular weight is 327 g/mol. The number of hydrogen-bond donors (Lipinski definition) is 2. The Morgan fingerprint density at radius 3 is 2.50 bits per heavy atom. The Morgan fingerprint density at radius 1 is 1.21 bits per heavy atom. The molecule has 7 nitrogen and oxygen atoms in total. The van der Waals surface area contributed by atoms with E-state index < -0.39 is 11.0 Å². The van der Waals surface area contributed by atoms with Crippen molar-refractivity contribution in [3.63, 3.8) is 0 Å². The van der Waals surface area contributed by atoms with Crippen molar-refractivity contribution in [2.45, 2.75) is 18.9 Å². The lowest BCUT2D eigenvalue weighted by molar-refractivity contribution is -0.384. The van der Waals surface area contributed by atoms with Crippen molar-refractivity contribution >= 4 is 17.8 Å². The van der Waals surface area contributed by atoms with Crippen LogP contribution in [0.3, 0.4) is 0 Å². The number of non-ortho nitro benzene ring substituents is 1. The molecule has 2 aromatic carbocycles. The van der Waals surface area contributed by atoms with Gasteiger partial charge < -0.3 is 5.11 Å². The highest BCUT2D eigenvalue weighted by Gasteiger charge is 2.09. The normalized spacial score (nSPS) is 12.0. The van der Waals surface area contributed by atoms with Crippen LogP contribution in [0, 0.1) is 10.1 Å². The number of nitrogens with zero attached hydrogens (tertiary/aromatic N) is 2. The summed E-state index contributed by atoms with van der Waals surface area (Å²) in [6, 6.07) is 14.9. The fourth-order valence-corrected chi connectivity index (χ4v) is 2.03. The third kappa shape index (κ3) is 5.29. The number of amides is 1. The van der Waals surface area contributed by atoms with Gasteiger partial charge >= 0.3 is 0 Å². The molecule has 1 atom stereocenters. The fourth-order valence-electron chi connectivity index (χ4n) is 2.03. The molecule has 0 aliphatic rings. The van der Waals surface area contributed by atoms with E-state index in [0.29, 0.717) is 12.0 Å². The molecule has 0 aliphatic heterocycles. The Bertz CT molecular complexity index is 714. The topological polar surface area (TPSA) is 105 Å². The number of nitro benzene ring substituents is 1. The predicted octanol–water partition coefficient (Wildman–Crippen LogP) is 2.56. The summed E-state index contributed by atoms with van der Waals surface area (Å²) in [6.07, 6.45) is 1.13. The van der Waals surface area contributed by atoms with Crippen LogP contribution >= 0.6 is 0 Å². The van der Waals surface area contributed by atoms with Gasteiger partial charge in [-0.25, -0.2) is 5.43 Å². The van der Waals surface area contributed by atoms with Gasteiger partial charge in [0.2, 0.25) is 5.91 Å². The third-order valence-electron chi connectivity index (χ3n) is 3.34. The molecule has 2 aromatic rings. The van der Waals surface area contributed by atoms with Crippen molar-refractivity contribution in [3.05, 3.63) is 75.8 Å². The fraction of sp³-hybridized carbons (Fsp3) is 0.176. The zero-order chi connectivity index (χ0) is 17.4. The zero-order valence-corrected chi connectivity index (χ0v) is 12.8. The number of aliphatic hydroxyl groups excluding tert-OH is 1. The molecular formula is C17H17N3O4. The second-order valence-corrected chi connectivity index (χ2v) is 5.11. The molecule has 0 unspecified atom stereocenters. The summed E-state index contributed by atoms with van der Waals surface area (Å²) in [5.41, 5.74) is 3.75. The number of carbonyl (C=O) groups excluding carboxylic acids is 1. The van der Waals surface area contributed by atoms with Gasteiger partial charge in [-0.05, 0) is 29.7 Å². The number of carbonyl (C=O) groups is 1. The van der Waals surface area contributed by atoms with Crippen molar-refractivity contribution in [1.82, 2.24) is 5.43 Å². The minimum atomic E-state index is -0.699. The summed E-state index contributed by atoms with van der Waals surface area (Å²) in [4.78, 5) is 21.7. The highest BCUT2D eigenvalue weighted by molar-refractivity contribution is 5.82. The maximum Gasteiger partial charge on any atom is 0.269 e. The lowest BCUT2D eigenvalue weighted by Crippen LogP contribution is -2.18. The Morgan fingerprint density at radius 2 is 1.88 bits per heavy atom. The largest absolute Gasteiger partial charge is 0.388 e. The summed E-state index contributed by atoms with van der Waals surface area (Å²) in [5, 5.41) is 24.3. The second kappa shape index (κ2) is 8.54. The Hall–Kier alpha value is -3.06. The number of benzene rings is 2. The van der Waals surface area contributed by atoms with Gasteiger partial charge in [-0.2, -0.15) is 5.10 Å². The molecule has 0 saturated carbocycles. The first-order chi connectivity index (χ1) is 11.6. The van der Waals surface area contributed by atoms with Gasteiger partial charge in [-0.1, -0.05) is 30.3 Å². The van der Waals surface area contributed by atoms with Gasteiger partial charge in [-0.15, -0.1) is 0 Å². The van der Waals surface area contributed by atoms with E-state index in [2.05, 4.69) is 10.5 Å². The van der Waals surface area contributed by atoms with Gasteiger partial charge in [0, 0.05) is 18.6 Å². The standard InChI is InChI=1S/C17H17N3O4/c21-16(14-4-2-1-3-5-14)10-11-17(22)19-18-12-13-6-8-15(9-7-13)20(23)24/h1-9,12,16,21H,10-11H2,(H,19,22)/b18-12-/t16-/m0/s1.